The first-order valence-electron chi connectivity index (χ1n) is 5.39. The van der Waals surface area contributed by atoms with Gasteiger partial charge in [-0.2, -0.15) is 0 Å². The zero-order valence-corrected chi connectivity index (χ0v) is 12.9. The minimum atomic E-state index is -3.22. The van der Waals surface area contributed by atoms with E-state index in [1.165, 1.54) is 6.07 Å². The standard InChI is InChI=1S/C11H16BrNO4S/c1-11(2,3)18(15,16)7-6-13-10(14)8-4-5-9(12)17-8/h4-5H,6-7H2,1-3H3,(H,13,14). The van der Waals surface area contributed by atoms with E-state index in [-0.39, 0.29) is 18.1 Å². The molecule has 0 bridgehead atoms. The lowest BCUT2D eigenvalue weighted by atomic mass is 10.3. The van der Waals surface area contributed by atoms with Gasteiger partial charge in [0, 0.05) is 6.54 Å². The average Bonchev–Trinajstić information content (AvgIpc) is 2.62. The van der Waals surface area contributed by atoms with Crippen LogP contribution in [0.2, 0.25) is 0 Å². The number of sulfone groups is 1. The highest BCUT2D eigenvalue weighted by Crippen LogP contribution is 2.16. The Morgan fingerprint density at radius 2 is 2.00 bits per heavy atom. The Labute approximate surface area is 115 Å². The summed E-state index contributed by atoms with van der Waals surface area (Å²) in [5, 5.41) is 2.51. The van der Waals surface area contributed by atoms with Gasteiger partial charge < -0.3 is 9.73 Å². The molecular formula is C11H16BrNO4S. The number of carbonyl (C=O) groups excluding carboxylic acids is 1. The molecule has 5 nitrogen and oxygen atoms in total. The molecule has 0 fully saturated rings. The molecule has 1 N–H and O–H groups in total. The van der Waals surface area contributed by atoms with Gasteiger partial charge in [0.15, 0.2) is 20.3 Å². The molecular weight excluding hydrogens is 322 g/mol. The molecule has 1 rings (SSSR count). The van der Waals surface area contributed by atoms with Crippen LogP contribution >= 0.6 is 15.9 Å². The van der Waals surface area contributed by atoms with Gasteiger partial charge in [-0.25, -0.2) is 8.42 Å². The van der Waals surface area contributed by atoms with Gasteiger partial charge in [0.2, 0.25) is 0 Å². The highest BCUT2D eigenvalue weighted by Gasteiger charge is 2.28. The van der Waals surface area contributed by atoms with Crippen LogP contribution in [-0.4, -0.2) is 31.4 Å². The molecule has 0 aliphatic heterocycles. The number of nitrogens with one attached hydrogen (secondary N) is 1. The monoisotopic (exact) mass is 337 g/mol. The molecule has 0 radical (unpaired) electrons. The smallest absolute Gasteiger partial charge is 0.287 e. The fraction of sp³-hybridized carbons (Fsp3) is 0.545. The molecule has 0 aromatic carbocycles. The van der Waals surface area contributed by atoms with Crippen LogP contribution in [0.3, 0.4) is 0 Å². The third-order valence-corrected chi connectivity index (χ3v) is 5.42. The van der Waals surface area contributed by atoms with Gasteiger partial charge >= 0.3 is 0 Å². The van der Waals surface area contributed by atoms with Crippen molar-refractivity contribution in [2.24, 2.45) is 0 Å². The van der Waals surface area contributed by atoms with Crippen molar-refractivity contribution in [1.82, 2.24) is 5.32 Å². The van der Waals surface area contributed by atoms with Gasteiger partial charge in [-0.05, 0) is 48.8 Å². The maximum Gasteiger partial charge on any atom is 0.287 e. The second-order valence-electron chi connectivity index (χ2n) is 4.79. The molecule has 102 valence electrons. The third kappa shape index (κ3) is 3.84. The first-order chi connectivity index (χ1) is 8.13. The van der Waals surface area contributed by atoms with E-state index in [2.05, 4.69) is 21.2 Å². The van der Waals surface area contributed by atoms with Crippen LogP contribution in [-0.2, 0) is 9.84 Å². The van der Waals surface area contributed by atoms with E-state index in [1.54, 1.807) is 26.8 Å². The number of hydrogen-bond donors (Lipinski definition) is 1. The lowest BCUT2D eigenvalue weighted by Crippen LogP contribution is -2.36. The number of carbonyl (C=O) groups is 1. The summed E-state index contributed by atoms with van der Waals surface area (Å²) in [5.41, 5.74) is 0. The molecule has 0 saturated heterocycles. The molecule has 1 heterocycles. The largest absolute Gasteiger partial charge is 0.444 e. The Hall–Kier alpha value is -0.820. The minimum absolute atomic E-state index is 0.0662. The van der Waals surface area contributed by atoms with Crippen molar-refractivity contribution in [3.05, 3.63) is 22.6 Å². The van der Waals surface area contributed by atoms with Crippen molar-refractivity contribution < 1.29 is 17.6 Å². The molecule has 0 aliphatic carbocycles. The van der Waals surface area contributed by atoms with Crippen molar-refractivity contribution in [3.8, 4) is 0 Å². The first kappa shape index (κ1) is 15.2. The predicted molar refractivity (Wildman–Crippen MR) is 72.3 cm³/mol. The van der Waals surface area contributed by atoms with Crippen LogP contribution in [0.1, 0.15) is 31.3 Å². The first-order valence-corrected chi connectivity index (χ1v) is 7.84. The van der Waals surface area contributed by atoms with Gasteiger partial charge in [0.05, 0.1) is 10.5 Å². The Kier molecular flexibility index (Phi) is 4.61. The molecule has 0 atom stereocenters. The Balaban J connectivity index is 2.51. The SMILES string of the molecule is CC(C)(C)S(=O)(=O)CCNC(=O)c1ccc(Br)o1. The van der Waals surface area contributed by atoms with Crippen LogP contribution in [0, 0.1) is 0 Å². The topological polar surface area (TPSA) is 76.4 Å². The normalized spacial score (nSPS) is 12.4. The Morgan fingerprint density at radius 3 is 2.44 bits per heavy atom. The number of furan rings is 1. The van der Waals surface area contributed by atoms with Gasteiger partial charge in [-0.3, -0.25) is 4.79 Å². The fourth-order valence-corrected chi connectivity index (χ4v) is 2.42. The predicted octanol–water partition coefficient (Wildman–Crippen LogP) is 1.99. The maximum absolute atomic E-state index is 11.8. The Bertz CT molecular complexity index is 527. The summed E-state index contributed by atoms with van der Waals surface area (Å²) in [6, 6.07) is 3.11. The zero-order chi connectivity index (χ0) is 14.0. The van der Waals surface area contributed by atoms with E-state index >= 15 is 0 Å². The minimum Gasteiger partial charge on any atom is -0.444 e. The molecule has 7 heteroatoms. The quantitative estimate of drug-likeness (QED) is 0.911. The van der Waals surface area contributed by atoms with Crippen LogP contribution in [0.5, 0.6) is 0 Å². The number of amides is 1. The molecule has 0 unspecified atom stereocenters. The number of rotatable bonds is 4. The van der Waals surface area contributed by atoms with E-state index < -0.39 is 20.5 Å². The van der Waals surface area contributed by atoms with Gasteiger partial charge in [0.1, 0.15) is 0 Å². The molecule has 0 aliphatic rings. The molecule has 0 spiro atoms. The van der Waals surface area contributed by atoms with Crippen LogP contribution in [0.4, 0.5) is 0 Å². The summed E-state index contributed by atoms with van der Waals surface area (Å²) < 4.78 is 28.3. The highest BCUT2D eigenvalue weighted by molar-refractivity contribution is 9.10. The van der Waals surface area contributed by atoms with E-state index in [0.717, 1.165) is 0 Å². The summed E-state index contributed by atoms with van der Waals surface area (Å²) in [6.07, 6.45) is 0. The van der Waals surface area contributed by atoms with Crippen molar-refractivity contribution in [2.45, 2.75) is 25.5 Å². The van der Waals surface area contributed by atoms with Gasteiger partial charge in [-0.1, -0.05) is 0 Å². The third-order valence-electron chi connectivity index (χ3n) is 2.39. The van der Waals surface area contributed by atoms with Crippen LogP contribution in [0.25, 0.3) is 0 Å². The summed E-state index contributed by atoms with van der Waals surface area (Å²) >= 11 is 3.08. The lowest BCUT2D eigenvalue weighted by Gasteiger charge is -2.18. The van der Waals surface area contributed by atoms with Crippen molar-refractivity contribution >= 4 is 31.7 Å². The second-order valence-corrected chi connectivity index (χ2v) is 8.43. The molecule has 1 aromatic rings. The number of halogens is 1. The van der Waals surface area contributed by atoms with Gasteiger partial charge in [0.25, 0.3) is 5.91 Å². The van der Waals surface area contributed by atoms with Crippen molar-refractivity contribution in [2.75, 3.05) is 12.3 Å². The summed E-state index contributed by atoms with van der Waals surface area (Å²) in [4.78, 5) is 11.6. The summed E-state index contributed by atoms with van der Waals surface area (Å²) in [5.74, 6) is -0.371. The van der Waals surface area contributed by atoms with Crippen LogP contribution < -0.4 is 5.32 Å². The molecule has 1 aromatic heterocycles. The van der Waals surface area contributed by atoms with Gasteiger partial charge in [-0.15, -0.1) is 0 Å². The number of hydrogen-bond acceptors (Lipinski definition) is 4. The second kappa shape index (κ2) is 5.44. The molecule has 1 amide bonds. The van der Waals surface area contributed by atoms with E-state index in [4.69, 9.17) is 4.42 Å². The summed E-state index contributed by atoms with van der Waals surface area (Å²) in [7, 11) is -3.22. The molecule has 18 heavy (non-hydrogen) atoms. The average molecular weight is 338 g/mol. The highest BCUT2D eigenvalue weighted by atomic mass is 79.9. The van der Waals surface area contributed by atoms with Crippen molar-refractivity contribution in [1.29, 1.82) is 0 Å². The van der Waals surface area contributed by atoms with E-state index in [1.807, 2.05) is 0 Å². The Morgan fingerprint density at radius 1 is 1.39 bits per heavy atom. The van der Waals surface area contributed by atoms with E-state index in [0.29, 0.717) is 4.67 Å². The fourth-order valence-electron chi connectivity index (χ4n) is 1.13. The molecule has 0 saturated carbocycles. The lowest BCUT2D eigenvalue weighted by molar-refractivity contribution is 0.0927. The maximum atomic E-state index is 11.8. The van der Waals surface area contributed by atoms with E-state index in [9.17, 15) is 13.2 Å². The van der Waals surface area contributed by atoms with Crippen molar-refractivity contribution in [3.63, 3.8) is 0 Å². The van der Waals surface area contributed by atoms with Crippen LogP contribution in [0.15, 0.2) is 21.2 Å². The zero-order valence-electron chi connectivity index (χ0n) is 10.5. The summed E-state index contributed by atoms with van der Waals surface area (Å²) in [6.45, 7) is 4.96.